The normalized spacial score (nSPS) is 12.5. The van der Waals surface area contributed by atoms with Crippen LogP contribution in [0.4, 0.5) is 0 Å². The van der Waals surface area contributed by atoms with Crippen LogP contribution in [0.15, 0.2) is 17.0 Å². The van der Waals surface area contributed by atoms with Crippen LogP contribution in [0.2, 0.25) is 0 Å². The molecular formula is C11H14O3S. The lowest BCUT2D eigenvalue weighted by Crippen LogP contribution is -2.07. The molecule has 1 unspecified atom stereocenters. The van der Waals surface area contributed by atoms with E-state index in [0.29, 0.717) is 10.5 Å². The highest BCUT2D eigenvalue weighted by Crippen LogP contribution is 2.29. The fraction of sp³-hybridized carbons (Fsp3) is 0.364. The number of benzene rings is 1. The summed E-state index contributed by atoms with van der Waals surface area (Å²) in [4.78, 5) is 11.7. The molecule has 0 radical (unpaired) electrons. The van der Waals surface area contributed by atoms with Gasteiger partial charge in [-0.25, -0.2) is 0 Å². The van der Waals surface area contributed by atoms with E-state index in [1.165, 1.54) is 13.0 Å². The van der Waals surface area contributed by atoms with Crippen molar-refractivity contribution in [2.24, 2.45) is 0 Å². The Kier molecular flexibility index (Phi) is 3.77. The van der Waals surface area contributed by atoms with Gasteiger partial charge < -0.3 is 10.2 Å². The number of Topliss-reactive ketones (excluding diaryl/α,β-unsaturated/α-hetero) is 1. The second-order valence-corrected chi connectivity index (χ2v) is 4.05. The third-order valence-corrected chi connectivity index (χ3v) is 2.56. The summed E-state index contributed by atoms with van der Waals surface area (Å²) in [6.07, 6.45) is -0.296. The standard InChI is InChI=1S/C11H14O3S/c1-6(12)5-9-10(15)4-3-8(7(2)13)11(9)14/h3-4,6,12,14-15H,5H2,1-2H3. The highest BCUT2D eigenvalue weighted by molar-refractivity contribution is 7.80. The monoisotopic (exact) mass is 226 g/mol. The fourth-order valence-electron chi connectivity index (χ4n) is 1.41. The van der Waals surface area contributed by atoms with Gasteiger partial charge >= 0.3 is 0 Å². The van der Waals surface area contributed by atoms with Crippen LogP contribution in [0.1, 0.15) is 29.8 Å². The molecule has 82 valence electrons. The van der Waals surface area contributed by atoms with E-state index in [4.69, 9.17) is 0 Å². The molecule has 0 aliphatic carbocycles. The zero-order chi connectivity index (χ0) is 11.6. The summed E-state index contributed by atoms with van der Waals surface area (Å²) < 4.78 is 0. The number of ketones is 1. The molecule has 0 fully saturated rings. The number of carbonyl (C=O) groups excluding carboxylic acids is 1. The van der Waals surface area contributed by atoms with Crippen LogP contribution in [-0.2, 0) is 6.42 Å². The van der Waals surface area contributed by atoms with Crippen molar-refractivity contribution in [1.29, 1.82) is 0 Å². The van der Waals surface area contributed by atoms with Crippen molar-refractivity contribution < 1.29 is 15.0 Å². The summed E-state index contributed by atoms with van der Waals surface area (Å²) in [5.41, 5.74) is 0.782. The van der Waals surface area contributed by atoms with E-state index >= 15 is 0 Å². The number of rotatable bonds is 3. The first kappa shape index (κ1) is 12.1. The number of aliphatic hydroxyl groups excluding tert-OH is 1. The maximum absolute atomic E-state index is 11.2. The molecule has 4 heteroatoms. The Balaban J connectivity index is 3.24. The van der Waals surface area contributed by atoms with Gasteiger partial charge in [-0.1, -0.05) is 0 Å². The third kappa shape index (κ3) is 2.73. The molecule has 1 rings (SSSR count). The maximum Gasteiger partial charge on any atom is 0.163 e. The Morgan fingerprint density at radius 2 is 2.13 bits per heavy atom. The molecule has 1 atom stereocenters. The van der Waals surface area contributed by atoms with Crippen LogP contribution < -0.4 is 0 Å². The molecule has 0 aliphatic rings. The van der Waals surface area contributed by atoms with Crippen LogP contribution in [0.5, 0.6) is 5.75 Å². The van der Waals surface area contributed by atoms with Gasteiger partial charge in [0.15, 0.2) is 5.78 Å². The largest absolute Gasteiger partial charge is 0.507 e. The molecular weight excluding hydrogens is 212 g/mol. The quantitative estimate of drug-likeness (QED) is 0.544. The summed E-state index contributed by atoms with van der Waals surface area (Å²) >= 11 is 4.18. The summed E-state index contributed by atoms with van der Waals surface area (Å²) in [7, 11) is 0. The van der Waals surface area contributed by atoms with Crippen LogP contribution in [0.25, 0.3) is 0 Å². The summed E-state index contributed by atoms with van der Waals surface area (Å²) in [6.45, 7) is 3.01. The summed E-state index contributed by atoms with van der Waals surface area (Å²) in [5, 5.41) is 19.1. The second-order valence-electron chi connectivity index (χ2n) is 3.57. The van der Waals surface area contributed by atoms with Gasteiger partial charge in [-0.15, -0.1) is 12.6 Å². The molecule has 0 saturated carbocycles. The van der Waals surface area contributed by atoms with Crippen LogP contribution in [-0.4, -0.2) is 22.1 Å². The van der Waals surface area contributed by atoms with E-state index in [9.17, 15) is 15.0 Å². The van der Waals surface area contributed by atoms with Crippen molar-refractivity contribution in [3.05, 3.63) is 23.3 Å². The average molecular weight is 226 g/mol. The highest BCUT2D eigenvalue weighted by Gasteiger charge is 2.14. The van der Waals surface area contributed by atoms with Gasteiger partial charge in [0.25, 0.3) is 0 Å². The minimum absolute atomic E-state index is 0.0732. The first-order valence-electron chi connectivity index (χ1n) is 4.66. The maximum atomic E-state index is 11.2. The molecule has 1 aromatic carbocycles. The lowest BCUT2D eigenvalue weighted by molar-refractivity contribution is 0.101. The Morgan fingerprint density at radius 3 is 2.60 bits per heavy atom. The average Bonchev–Trinajstić information content (AvgIpc) is 2.11. The molecule has 0 saturated heterocycles. The number of hydrogen-bond acceptors (Lipinski definition) is 4. The van der Waals surface area contributed by atoms with Crippen molar-refractivity contribution in [1.82, 2.24) is 0 Å². The highest BCUT2D eigenvalue weighted by atomic mass is 32.1. The van der Waals surface area contributed by atoms with Gasteiger partial charge in [0.1, 0.15) is 5.75 Å². The number of thiol groups is 1. The number of phenolic OH excluding ortho intramolecular Hbond substituents is 1. The first-order chi connectivity index (χ1) is 6.93. The lowest BCUT2D eigenvalue weighted by atomic mass is 10.0. The fourth-order valence-corrected chi connectivity index (χ4v) is 1.68. The molecule has 0 aromatic heterocycles. The first-order valence-corrected chi connectivity index (χ1v) is 5.11. The molecule has 1 aromatic rings. The molecule has 0 aliphatic heterocycles. The van der Waals surface area contributed by atoms with Crippen molar-refractivity contribution in [3.63, 3.8) is 0 Å². The molecule has 0 spiro atoms. The van der Waals surface area contributed by atoms with Crippen LogP contribution in [0.3, 0.4) is 0 Å². The zero-order valence-electron chi connectivity index (χ0n) is 8.69. The van der Waals surface area contributed by atoms with Gasteiger partial charge in [0.05, 0.1) is 11.7 Å². The number of phenols is 1. The number of aromatic hydroxyl groups is 1. The minimum Gasteiger partial charge on any atom is -0.507 e. The van der Waals surface area contributed by atoms with Crippen molar-refractivity contribution in [3.8, 4) is 5.75 Å². The summed E-state index contributed by atoms with van der Waals surface area (Å²) in [6, 6.07) is 3.18. The molecule has 15 heavy (non-hydrogen) atoms. The van der Waals surface area contributed by atoms with Gasteiger partial charge in [0.2, 0.25) is 0 Å². The second kappa shape index (κ2) is 4.68. The SMILES string of the molecule is CC(=O)c1ccc(S)c(CC(C)O)c1O. The van der Waals surface area contributed by atoms with Crippen LogP contribution >= 0.6 is 12.6 Å². The third-order valence-electron chi connectivity index (χ3n) is 2.14. The Morgan fingerprint density at radius 1 is 1.53 bits per heavy atom. The Hall–Kier alpha value is -1.00. The van der Waals surface area contributed by atoms with Gasteiger partial charge in [0, 0.05) is 16.9 Å². The predicted molar refractivity (Wildman–Crippen MR) is 60.7 cm³/mol. The van der Waals surface area contributed by atoms with Gasteiger partial charge in [-0.05, 0) is 26.0 Å². The van der Waals surface area contributed by atoms with Crippen molar-refractivity contribution in [2.75, 3.05) is 0 Å². The number of hydrogen-bond donors (Lipinski definition) is 3. The van der Waals surface area contributed by atoms with E-state index in [2.05, 4.69) is 12.6 Å². The number of carbonyl (C=O) groups is 1. The minimum atomic E-state index is -0.580. The van der Waals surface area contributed by atoms with Gasteiger partial charge in [-0.3, -0.25) is 4.79 Å². The number of aliphatic hydroxyl groups is 1. The molecule has 0 heterocycles. The molecule has 0 amide bonds. The Bertz CT molecular complexity index is 386. The topological polar surface area (TPSA) is 57.5 Å². The van der Waals surface area contributed by atoms with E-state index in [1.54, 1.807) is 13.0 Å². The van der Waals surface area contributed by atoms with E-state index < -0.39 is 6.10 Å². The lowest BCUT2D eigenvalue weighted by Gasteiger charge is -2.12. The van der Waals surface area contributed by atoms with Gasteiger partial charge in [-0.2, -0.15) is 0 Å². The molecule has 3 nitrogen and oxygen atoms in total. The van der Waals surface area contributed by atoms with E-state index in [0.717, 1.165) is 0 Å². The van der Waals surface area contributed by atoms with Crippen molar-refractivity contribution in [2.45, 2.75) is 31.3 Å². The van der Waals surface area contributed by atoms with E-state index in [-0.39, 0.29) is 23.5 Å². The summed E-state index contributed by atoms with van der Waals surface area (Å²) in [5.74, 6) is -0.274. The zero-order valence-corrected chi connectivity index (χ0v) is 9.58. The Labute approximate surface area is 94.2 Å². The molecule has 0 bridgehead atoms. The smallest absolute Gasteiger partial charge is 0.163 e. The predicted octanol–water partition coefficient (Wildman–Crippen LogP) is 1.81. The van der Waals surface area contributed by atoms with Crippen molar-refractivity contribution >= 4 is 18.4 Å². The van der Waals surface area contributed by atoms with Crippen LogP contribution in [0, 0.1) is 0 Å². The molecule has 2 N–H and O–H groups in total. The van der Waals surface area contributed by atoms with E-state index in [1.807, 2.05) is 0 Å².